The molecule has 3 nitrogen and oxygen atoms in total. The van der Waals surface area contributed by atoms with Gasteiger partial charge in [0.25, 0.3) is 0 Å². The molecule has 100 valence electrons. The van der Waals surface area contributed by atoms with Crippen LogP contribution in [-0.4, -0.2) is 24.3 Å². The van der Waals surface area contributed by atoms with E-state index in [9.17, 15) is 0 Å². The van der Waals surface area contributed by atoms with E-state index in [1.54, 1.807) is 0 Å². The smallest absolute Gasteiger partial charge is 0.0471 e. The van der Waals surface area contributed by atoms with Gasteiger partial charge in [-0.3, -0.25) is 0 Å². The van der Waals surface area contributed by atoms with E-state index in [0.29, 0.717) is 12.6 Å². The van der Waals surface area contributed by atoms with Crippen LogP contribution >= 0.6 is 11.6 Å². The summed E-state index contributed by atoms with van der Waals surface area (Å²) in [5, 5.41) is 9.78. The van der Waals surface area contributed by atoms with Crippen molar-refractivity contribution in [2.45, 2.75) is 38.3 Å². The summed E-state index contributed by atoms with van der Waals surface area (Å²) in [6, 6.07) is 6.53. The van der Waals surface area contributed by atoms with Crippen molar-refractivity contribution in [2.24, 2.45) is 5.73 Å². The van der Waals surface area contributed by atoms with E-state index in [0.717, 1.165) is 29.2 Å². The second-order valence-corrected chi connectivity index (χ2v) is 5.20. The van der Waals surface area contributed by atoms with E-state index in [1.165, 1.54) is 19.3 Å². The number of anilines is 1. The van der Waals surface area contributed by atoms with Crippen molar-refractivity contribution in [3.8, 4) is 0 Å². The van der Waals surface area contributed by atoms with E-state index >= 15 is 0 Å². The van der Waals surface area contributed by atoms with E-state index in [1.807, 2.05) is 12.1 Å². The predicted molar refractivity (Wildman–Crippen MR) is 76.0 cm³/mol. The van der Waals surface area contributed by atoms with Crippen LogP contribution in [-0.2, 0) is 6.54 Å². The minimum absolute atomic E-state index is 0.224. The molecular weight excluding hydrogens is 248 g/mol. The van der Waals surface area contributed by atoms with Crippen LogP contribution in [0.15, 0.2) is 18.2 Å². The highest BCUT2D eigenvalue weighted by Gasteiger charge is 2.26. The van der Waals surface area contributed by atoms with Gasteiger partial charge >= 0.3 is 0 Å². The van der Waals surface area contributed by atoms with Crippen LogP contribution in [0.25, 0.3) is 0 Å². The fraction of sp³-hybridized carbons (Fsp3) is 0.571. The lowest BCUT2D eigenvalue weighted by Gasteiger charge is -2.40. The molecule has 3 N–H and O–H groups in total. The number of aliphatic hydroxyl groups is 1. The third-order valence-corrected chi connectivity index (χ3v) is 4.03. The summed E-state index contributed by atoms with van der Waals surface area (Å²) in [5.74, 6) is 0. The molecule has 4 heteroatoms. The topological polar surface area (TPSA) is 49.5 Å². The molecule has 0 aromatic heterocycles. The zero-order valence-corrected chi connectivity index (χ0v) is 11.4. The third kappa shape index (κ3) is 2.79. The number of halogens is 1. The molecule has 0 aliphatic heterocycles. The highest BCUT2D eigenvalue weighted by molar-refractivity contribution is 6.31. The molecule has 0 amide bonds. The highest BCUT2D eigenvalue weighted by atomic mass is 35.5. The molecular formula is C14H21ClN2O. The lowest BCUT2D eigenvalue weighted by atomic mass is 9.90. The first-order valence-corrected chi connectivity index (χ1v) is 7.00. The van der Waals surface area contributed by atoms with Gasteiger partial charge in [0.05, 0.1) is 0 Å². The summed E-state index contributed by atoms with van der Waals surface area (Å²) in [7, 11) is 0. The zero-order valence-electron chi connectivity index (χ0n) is 10.6. The van der Waals surface area contributed by atoms with Crippen LogP contribution in [0.3, 0.4) is 0 Å². The fourth-order valence-corrected chi connectivity index (χ4v) is 2.70. The summed E-state index contributed by atoms with van der Waals surface area (Å²) in [6.45, 7) is 1.55. The molecule has 0 radical (unpaired) electrons. The van der Waals surface area contributed by atoms with Crippen molar-refractivity contribution in [3.63, 3.8) is 0 Å². The summed E-state index contributed by atoms with van der Waals surface area (Å²) in [4.78, 5) is 2.37. The quantitative estimate of drug-likeness (QED) is 0.834. The second kappa shape index (κ2) is 6.41. The van der Waals surface area contributed by atoms with Gasteiger partial charge in [-0.1, -0.05) is 17.7 Å². The predicted octanol–water partition coefficient (Wildman–Crippen LogP) is 2.54. The van der Waals surface area contributed by atoms with E-state index in [-0.39, 0.29) is 6.61 Å². The molecule has 1 saturated carbocycles. The first-order chi connectivity index (χ1) is 8.77. The van der Waals surface area contributed by atoms with Gasteiger partial charge in [0.1, 0.15) is 0 Å². The number of benzene rings is 1. The Balaban J connectivity index is 2.25. The maximum Gasteiger partial charge on any atom is 0.0471 e. The lowest BCUT2D eigenvalue weighted by molar-refractivity contribution is 0.283. The molecule has 1 aromatic carbocycles. The zero-order chi connectivity index (χ0) is 13.0. The van der Waals surface area contributed by atoms with Crippen LogP contribution in [0, 0.1) is 0 Å². The Morgan fingerprint density at radius 1 is 1.39 bits per heavy atom. The van der Waals surface area contributed by atoms with Crippen molar-refractivity contribution < 1.29 is 5.11 Å². The molecule has 1 fully saturated rings. The highest BCUT2D eigenvalue weighted by Crippen LogP contribution is 2.34. The molecule has 18 heavy (non-hydrogen) atoms. The number of hydrogen-bond donors (Lipinski definition) is 2. The van der Waals surface area contributed by atoms with Crippen molar-refractivity contribution >= 4 is 17.3 Å². The van der Waals surface area contributed by atoms with Gasteiger partial charge in [0.2, 0.25) is 0 Å². The Kier molecular flexibility index (Phi) is 4.87. The molecule has 0 bridgehead atoms. The molecule has 1 aliphatic rings. The summed E-state index contributed by atoms with van der Waals surface area (Å²) in [5.41, 5.74) is 7.98. The molecule has 0 atom stereocenters. The second-order valence-electron chi connectivity index (χ2n) is 4.80. The van der Waals surface area contributed by atoms with Gasteiger partial charge < -0.3 is 15.7 Å². The molecule has 2 rings (SSSR count). The van der Waals surface area contributed by atoms with Gasteiger partial charge in [0, 0.05) is 42.0 Å². The van der Waals surface area contributed by atoms with Gasteiger partial charge in [-0.05, 0) is 37.8 Å². The van der Waals surface area contributed by atoms with Crippen LogP contribution in [0.2, 0.25) is 5.02 Å². The Morgan fingerprint density at radius 2 is 2.17 bits per heavy atom. The average molecular weight is 269 g/mol. The average Bonchev–Trinajstić information content (AvgIpc) is 2.31. The fourth-order valence-electron chi connectivity index (χ4n) is 2.46. The van der Waals surface area contributed by atoms with E-state index < -0.39 is 0 Å². The monoisotopic (exact) mass is 268 g/mol. The number of hydrogen-bond acceptors (Lipinski definition) is 3. The number of nitrogens with two attached hydrogens (primary N) is 1. The SMILES string of the molecule is NCc1c(Cl)cccc1N(CCCO)C1CCC1. The third-order valence-electron chi connectivity index (χ3n) is 3.68. The minimum Gasteiger partial charge on any atom is -0.396 e. The van der Waals surface area contributed by atoms with Crippen molar-refractivity contribution in [2.75, 3.05) is 18.1 Å². The van der Waals surface area contributed by atoms with Crippen LogP contribution in [0.5, 0.6) is 0 Å². The number of nitrogens with zero attached hydrogens (tertiary/aromatic N) is 1. The summed E-state index contributed by atoms with van der Waals surface area (Å²) in [6.07, 6.45) is 4.52. The Morgan fingerprint density at radius 3 is 2.72 bits per heavy atom. The molecule has 1 aromatic rings. The normalized spacial score (nSPS) is 15.5. The Bertz CT molecular complexity index is 393. The lowest BCUT2D eigenvalue weighted by Crippen LogP contribution is -2.41. The molecule has 1 aliphatic carbocycles. The van der Waals surface area contributed by atoms with Gasteiger partial charge in [0.15, 0.2) is 0 Å². The number of rotatable bonds is 6. The Labute approximate surface area is 114 Å². The van der Waals surface area contributed by atoms with Gasteiger partial charge in [-0.2, -0.15) is 0 Å². The van der Waals surface area contributed by atoms with Crippen LogP contribution < -0.4 is 10.6 Å². The molecule has 0 saturated heterocycles. The molecule has 0 heterocycles. The maximum absolute atomic E-state index is 9.04. The van der Waals surface area contributed by atoms with Gasteiger partial charge in [-0.25, -0.2) is 0 Å². The first kappa shape index (κ1) is 13.7. The number of aliphatic hydroxyl groups excluding tert-OH is 1. The largest absolute Gasteiger partial charge is 0.396 e. The van der Waals surface area contributed by atoms with E-state index in [4.69, 9.17) is 22.4 Å². The standard InChI is InChI=1S/C14H21ClN2O/c15-13-6-2-7-14(12(13)10-16)17(8-3-9-18)11-4-1-5-11/h2,6-7,11,18H,1,3-5,8-10,16H2. The van der Waals surface area contributed by atoms with Crippen molar-refractivity contribution in [1.29, 1.82) is 0 Å². The van der Waals surface area contributed by atoms with Gasteiger partial charge in [-0.15, -0.1) is 0 Å². The molecule has 0 unspecified atom stereocenters. The molecule has 0 spiro atoms. The Hall–Kier alpha value is -0.770. The van der Waals surface area contributed by atoms with E-state index in [2.05, 4.69) is 11.0 Å². The minimum atomic E-state index is 0.224. The van der Waals surface area contributed by atoms with Crippen LogP contribution in [0.4, 0.5) is 5.69 Å². The first-order valence-electron chi connectivity index (χ1n) is 6.63. The van der Waals surface area contributed by atoms with Crippen LogP contribution in [0.1, 0.15) is 31.2 Å². The van der Waals surface area contributed by atoms with Crippen molar-refractivity contribution in [3.05, 3.63) is 28.8 Å². The maximum atomic E-state index is 9.04. The summed E-state index contributed by atoms with van der Waals surface area (Å²) < 4.78 is 0. The van der Waals surface area contributed by atoms with Crippen molar-refractivity contribution in [1.82, 2.24) is 0 Å². The summed E-state index contributed by atoms with van der Waals surface area (Å²) >= 11 is 6.22.